The second kappa shape index (κ2) is 4.11. The van der Waals surface area contributed by atoms with E-state index >= 15 is 0 Å². The molecule has 4 fully saturated rings. The fourth-order valence-corrected chi connectivity index (χ4v) is 5.38. The SMILES string of the molecule is [CH](Cc1ccccc1)C12CC3CC(CC(C3)C1)C2. The molecule has 0 heterocycles. The van der Waals surface area contributed by atoms with Gasteiger partial charge in [-0.3, -0.25) is 0 Å². The third-order valence-electron chi connectivity index (χ3n) is 5.70. The molecule has 4 bridgehead atoms. The van der Waals surface area contributed by atoms with E-state index in [-0.39, 0.29) is 0 Å². The standard InChI is InChI=1S/C18H23/c1-2-4-14(5-3-1)6-7-18-11-15-8-16(12-18)10-17(9-15)13-18/h1-5,7,15-17H,6,8-13H2. The third-order valence-corrected chi connectivity index (χ3v) is 5.70. The van der Waals surface area contributed by atoms with E-state index in [1.807, 2.05) is 0 Å². The summed E-state index contributed by atoms with van der Waals surface area (Å²) in [5.74, 6) is 3.22. The Morgan fingerprint density at radius 3 is 2.00 bits per heavy atom. The number of hydrogen-bond donors (Lipinski definition) is 0. The summed E-state index contributed by atoms with van der Waals surface area (Å²) >= 11 is 0. The van der Waals surface area contributed by atoms with Gasteiger partial charge in [0.2, 0.25) is 0 Å². The largest absolute Gasteiger partial charge is 0.0622 e. The first-order valence-corrected chi connectivity index (χ1v) is 7.70. The lowest BCUT2D eigenvalue weighted by Gasteiger charge is -2.57. The van der Waals surface area contributed by atoms with Crippen LogP contribution in [0.4, 0.5) is 0 Å². The Labute approximate surface area is 111 Å². The first-order valence-electron chi connectivity index (χ1n) is 7.70. The van der Waals surface area contributed by atoms with Crippen molar-refractivity contribution in [3.05, 3.63) is 42.3 Å². The maximum Gasteiger partial charge on any atom is -0.0242 e. The molecule has 4 aliphatic carbocycles. The normalized spacial score (nSPS) is 41.2. The van der Waals surface area contributed by atoms with E-state index in [4.69, 9.17) is 0 Å². The first kappa shape index (κ1) is 11.1. The van der Waals surface area contributed by atoms with Crippen LogP contribution in [0.25, 0.3) is 0 Å². The topological polar surface area (TPSA) is 0 Å². The Morgan fingerprint density at radius 2 is 1.44 bits per heavy atom. The molecule has 0 spiro atoms. The minimum absolute atomic E-state index is 0.630. The average Bonchev–Trinajstić information content (AvgIpc) is 2.36. The average molecular weight is 239 g/mol. The highest BCUT2D eigenvalue weighted by Gasteiger charge is 2.50. The number of benzene rings is 1. The third kappa shape index (κ3) is 1.90. The molecule has 4 saturated carbocycles. The van der Waals surface area contributed by atoms with Crippen molar-refractivity contribution in [3.63, 3.8) is 0 Å². The maximum atomic E-state index is 2.70. The molecule has 0 amide bonds. The lowest BCUT2D eigenvalue weighted by Crippen LogP contribution is -2.46. The molecule has 5 rings (SSSR count). The van der Waals surface area contributed by atoms with Gasteiger partial charge in [-0.2, -0.15) is 0 Å². The molecule has 4 aliphatic rings. The molecule has 0 aliphatic heterocycles. The van der Waals surface area contributed by atoms with Gasteiger partial charge < -0.3 is 0 Å². The summed E-state index contributed by atoms with van der Waals surface area (Å²) in [6, 6.07) is 11.0. The second-order valence-electron chi connectivity index (χ2n) is 7.17. The predicted molar refractivity (Wildman–Crippen MR) is 75.1 cm³/mol. The fraction of sp³-hybridized carbons (Fsp3) is 0.611. The molecule has 0 unspecified atom stereocenters. The van der Waals surface area contributed by atoms with E-state index in [0.29, 0.717) is 5.41 Å². The lowest BCUT2D eigenvalue weighted by atomic mass is 9.48. The summed E-state index contributed by atoms with van der Waals surface area (Å²) in [5.41, 5.74) is 2.12. The molecule has 1 aromatic rings. The zero-order valence-corrected chi connectivity index (χ0v) is 11.1. The van der Waals surface area contributed by atoms with Gasteiger partial charge in [-0.25, -0.2) is 0 Å². The van der Waals surface area contributed by atoms with Crippen LogP contribution in [0, 0.1) is 29.6 Å². The van der Waals surface area contributed by atoms with Crippen LogP contribution < -0.4 is 0 Å². The van der Waals surface area contributed by atoms with E-state index in [0.717, 1.165) is 17.8 Å². The summed E-state index contributed by atoms with van der Waals surface area (Å²) in [6.45, 7) is 0. The van der Waals surface area contributed by atoms with E-state index in [1.165, 1.54) is 31.2 Å². The molecule has 1 aromatic carbocycles. The van der Waals surface area contributed by atoms with Gasteiger partial charge in [0.15, 0.2) is 0 Å². The van der Waals surface area contributed by atoms with Gasteiger partial charge in [0.1, 0.15) is 0 Å². The molecule has 18 heavy (non-hydrogen) atoms. The minimum atomic E-state index is 0.630. The van der Waals surface area contributed by atoms with Crippen LogP contribution in [0.1, 0.15) is 44.1 Å². The molecule has 0 heteroatoms. The Bertz CT molecular complexity index is 382. The summed E-state index contributed by atoms with van der Waals surface area (Å²) in [6.07, 6.45) is 13.1. The van der Waals surface area contributed by atoms with Crippen LogP contribution >= 0.6 is 0 Å². The Morgan fingerprint density at radius 1 is 0.889 bits per heavy atom. The van der Waals surface area contributed by atoms with E-state index < -0.39 is 0 Å². The zero-order valence-electron chi connectivity index (χ0n) is 11.1. The van der Waals surface area contributed by atoms with Gasteiger partial charge in [-0.1, -0.05) is 30.3 Å². The summed E-state index contributed by atoms with van der Waals surface area (Å²) in [5, 5.41) is 0. The van der Waals surface area contributed by atoms with Gasteiger partial charge in [0.05, 0.1) is 0 Å². The van der Waals surface area contributed by atoms with E-state index in [9.17, 15) is 0 Å². The Hall–Kier alpha value is -0.780. The van der Waals surface area contributed by atoms with Crippen molar-refractivity contribution in [2.75, 3.05) is 0 Å². The minimum Gasteiger partial charge on any atom is -0.0622 e. The van der Waals surface area contributed by atoms with E-state index in [1.54, 1.807) is 19.3 Å². The van der Waals surface area contributed by atoms with Gasteiger partial charge in [-0.15, -0.1) is 0 Å². The predicted octanol–water partition coefficient (Wildman–Crippen LogP) is 4.65. The van der Waals surface area contributed by atoms with Crippen molar-refractivity contribution in [3.8, 4) is 0 Å². The molecular weight excluding hydrogens is 216 g/mol. The zero-order chi connectivity index (χ0) is 12.0. The van der Waals surface area contributed by atoms with Crippen molar-refractivity contribution in [2.45, 2.75) is 44.9 Å². The fourth-order valence-electron chi connectivity index (χ4n) is 5.38. The monoisotopic (exact) mass is 239 g/mol. The van der Waals surface area contributed by atoms with Crippen molar-refractivity contribution in [2.24, 2.45) is 23.2 Å². The summed E-state index contributed by atoms with van der Waals surface area (Å²) in [7, 11) is 0. The van der Waals surface area contributed by atoms with Crippen LogP contribution in [-0.4, -0.2) is 0 Å². The van der Waals surface area contributed by atoms with Gasteiger partial charge in [-0.05, 0) is 80.1 Å². The number of rotatable bonds is 3. The highest BCUT2D eigenvalue weighted by atomic mass is 14.5. The van der Waals surface area contributed by atoms with Crippen molar-refractivity contribution in [1.82, 2.24) is 0 Å². The molecule has 1 radical (unpaired) electrons. The van der Waals surface area contributed by atoms with Crippen molar-refractivity contribution >= 4 is 0 Å². The highest BCUT2D eigenvalue weighted by Crippen LogP contribution is 2.61. The van der Waals surface area contributed by atoms with E-state index in [2.05, 4.69) is 36.8 Å². The molecule has 0 N–H and O–H groups in total. The molecule has 95 valence electrons. The lowest BCUT2D eigenvalue weighted by molar-refractivity contribution is -0.0340. The number of hydrogen-bond acceptors (Lipinski definition) is 0. The van der Waals surface area contributed by atoms with Crippen LogP contribution in [0.3, 0.4) is 0 Å². The highest BCUT2D eigenvalue weighted by molar-refractivity contribution is 5.19. The molecule has 0 aromatic heterocycles. The summed E-state index contributed by atoms with van der Waals surface area (Å²) < 4.78 is 0. The van der Waals surface area contributed by atoms with Crippen LogP contribution in [0.5, 0.6) is 0 Å². The van der Waals surface area contributed by atoms with Gasteiger partial charge in [0, 0.05) is 0 Å². The van der Waals surface area contributed by atoms with Crippen LogP contribution in [0.2, 0.25) is 0 Å². The summed E-state index contributed by atoms with van der Waals surface area (Å²) in [4.78, 5) is 0. The van der Waals surface area contributed by atoms with Gasteiger partial charge in [0.25, 0.3) is 0 Å². The smallest absolute Gasteiger partial charge is 0.0242 e. The second-order valence-corrected chi connectivity index (χ2v) is 7.17. The Kier molecular flexibility index (Phi) is 2.53. The Balaban J connectivity index is 1.48. The molecule has 0 atom stereocenters. The molecule has 0 saturated heterocycles. The molecule has 0 nitrogen and oxygen atoms in total. The maximum absolute atomic E-state index is 2.70. The first-order chi connectivity index (χ1) is 8.81. The quantitative estimate of drug-likeness (QED) is 0.720. The van der Waals surface area contributed by atoms with Crippen molar-refractivity contribution in [1.29, 1.82) is 0 Å². The van der Waals surface area contributed by atoms with Crippen LogP contribution in [0.15, 0.2) is 30.3 Å². The van der Waals surface area contributed by atoms with Gasteiger partial charge >= 0.3 is 0 Å². The molecular formula is C18H23. The van der Waals surface area contributed by atoms with Crippen molar-refractivity contribution < 1.29 is 0 Å². The van der Waals surface area contributed by atoms with Crippen LogP contribution in [-0.2, 0) is 6.42 Å².